The van der Waals surface area contributed by atoms with Gasteiger partial charge in [-0.2, -0.15) is 10.5 Å². The Balaban J connectivity index is 1.76. The highest BCUT2D eigenvalue weighted by molar-refractivity contribution is 6.24. The molecule has 0 amide bonds. The molecule has 0 aliphatic heterocycles. The second kappa shape index (κ2) is 5.63. The molecule has 4 heteroatoms. The molecule has 0 unspecified atom stereocenters. The van der Waals surface area contributed by atoms with Crippen molar-refractivity contribution in [1.82, 2.24) is 9.13 Å². The van der Waals surface area contributed by atoms with E-state index in [1.54, 1.807) is 0 Å². The lowest BCUT2D eigenvalue weighted by atomic mass is 9.94. The van der Waals surface area contributed by atoms with Gasteiger partial charge in [0.05, 0.1) is 0 Å². The molecule has 6 rings (SSSR count). The summed E-state index contributed by atoms with van der Waals surface area (Å²) < 4.78 is 3.89. The standard InChI is InChI=1S/C26H16N4/c1-29-15(13-27)11-23-21-5-3-18-17(19(21)7-9-25(23)29)4-6-22-20(18)8-10-26-24(22)12-16(14-28)30(26)2/h3-12H,1-2H3. The molecule has 0 spiro atoms. The van der Waals surface area contributed by atoms with Crippen LogP contribution in [0.15, 0.2) is 60.7 Å². The number of benzene rings is 4. The maximum atomic E-state index is 9.41. The van der Waals surface area contributed by atoms with Crippen LogP contribution in [-0.2, 0) is 14.1 Å². The van der Waals surface area contributed by atoms with Crippen LogP contribution in [-0.4, -0.2) is 9.13 Å². The Morgan fingerprint density at radius 3 is 1.13 bits per heavy atom. The van der Waals surface area contributed by atoms with Gasteiger partial charge < -0.3 is 9.13 Å². The van der Waals surface area contributed by atoms with Gasteiger partial charge in [0.1, 0.15) is 23.5 Å². The molecule has 2 heterocycles. The number of rotatable bonds is 0. The molecule has 0 N–H and O–H groups in total. The molecule has 0 atom stereocenters. The SMILES string of the molecule is Cn1c(C#N)cc2c3ccc4c(ccc5c4ccc4c5cc(C#N)n4C)c3ccc21. The first-order chi connectivity index (χ1) is 14.6. The highest BCUT2D eigenvalue weighted by Gasteiger charge is 2.13. The van der Waals surface area contributed by atoms with Crippen LogP contribution < -0.4 is 0 Å². The third kappa shape index (κ3) is 1.93. The first-order valence-corrected chi connectivity index (χ1v) is 9.78. The van der Waals surface area contributed by atoms with E-state index >= 15 is 0 Å². The Bertz CT molecular complexity index is 1650. The minimum absolute atomic E-state index is 0.663. The Morgan fingerprint density at radius 2 is 0.800 bits per heavy atom. The number of hydrogen-bond acceptors (Lipinski definition) is 2. The molecule has 0 saturated carbocycles. The van der Waals surface area contributed by atoms with Crippen LogP contribution in [0.1, 0.15) is 11.4 Å². The summed E-state index contributed by atoms with van der Waals surface area (Å²) in [4.78, 5) is 0. The summed E-state index contributed by atoms with van der Waals surface area (Å²) in [5.41, 5.74) is 3.45. The Labute approximate surface area is 172 Å². The zero-order valence-corrected chi connectivity index (χ0v) is 16.6. The van der Waals surface area contributed by atoms with Crippen molar-refractivity contribution in [1.29, 1.82) is 10.5 Å². The molecule has 0 aliphatic rings. The van der Waals surface area contributed by atoms with Crippen molar-refractivity contribution in [2.24, 2.45) is 14.1 Å². The van der Waals surface area contributed by atoms with Crippen molar-refractivity contribution in [2.75, 3.05) is 0 Å². The van der Waals surface area contributed by atoms with Gasteiger partial charge in [0.2, 0.25) is 0 Å². The quantitative estimate of drug-likeness (QED) is 0.307. The van der Waals surface area contributed by atoms with E-state index in [1.807, 2.05) is 35.4 Å². The molecule has 140 valence electrons. The molecule has 4 nitrogen and oxygen atoms in total. The van der Waals surface area contributed by atoms with Crippen LogP contribution >= 0.6 is 0 Å². The van der Waals surface area contributed by atoms with E-state index in [0.29, 0.717) is 11.4 Å². The van der Waals surface area contributed by atoms with E-state index in [0.717, 1.165) is 32.6 Å². The van der Waals surface area contributed by atoms with Crippen molar-refractivity contribution >= 4 is 54.1 Å². The van der Waals surface area contributed by atoms with Crippen molar-refractivity contribution in [3.8, 4) is 12.1 Å². The average Bonchev–Trinajstić information content (AvgIpc) is 3.29. The van der Waals surface area contributed by atoms with Crippen molar-refractivity contribution in [3.05, 3.63) is 72.1 Å². The number of fused-ring (bicyclic) bond motifs is 9. The minimum Gasteiger partial charge on any atom is -0.335 e. The van der Waals surface area contributed by atoms with Crippen LogP contribution in [0.3, 0.4) is 0 Å². The molecule has 4 aromatic carbocycles. The van der Waals surface area contributed by atoms with Crippen LogP contribution in [0.2, 0.25) is 0 Å². The molecule has 0 fully saturated rings. The zero-order chi connectivity index (χ0) is 20.6. The van der Waals surface area contributed by atoms with E-state index in [1.165, 1.54) is 21.5 Å². The van der Waals surface area contributed by atoms with Crippen LogP contribution in [0.25, 0.3) is 54.1 Å². The summed E-state index contributed by atoms with van der Waals surface area (Å²) >= 11 is 0. The van der Waals surface area contributed by atoms with Gasteiger partial charge in [-0.15, -0.1) is 0 Å². The maximum Gasteiger partial charge on any atom is 0.121 e. The lowest BCUT2D eigenvalue weighted by Crippen LogP contribution is -1.90. The van der Waals surface area contributed by atoms with Gasteiger partial charge in [-0.1, -0.05) is 36.4 Å². The van der Waals surface area contributed by atoms with Gasteiger partial charge in [-0.3, -0.25) is 0 Å². The molecule has 30 heavy (non-hydrogen) atoms. The number of aromatic nitrogens is 2. The van der Waals surface area contributed by atoms with Gasteiger partial charge in [-0.25, -0.2) is 0 Å². The molecule has 0 radical (unpaired) electrons. The third-order valence-electron chi connectivity index (χ3n) is 6.47. The first kappa shape index (κ1) is 16.7. The second-order valence-corrected chi connectivity index (χ2v) is 7.81. The van der Waals surface area contributed by atoms with Crippen LogP contribution in [0.5, 0.6) is 0 Å². The van der Waals surface area contributed by atoms with E-state index in [2.05, 4.69) is 60.7 Å². The predicted molar refractivity (Wildman–Crippen MR) is 121 cm³/mol. The van der Waals surface area contributed by atoms with Crippen molar-refractivity contribution < 1.29 is 0 Å². The minimum atomic E-state index is 0.663. The first-order valence-electron chi connectivity index (χ1n) is 9.78. The Kier molecular flexibility index (Phi) is 3.12. The van der Waals surface area contributed by atoms with Gasteiger partial charge in [0.25, 0.3) is 0 Å². The molecular formula is C26H16N4. The summed E-state index contributed by atoms with van der Waals surface area (Å²) in [6.45, 7) is 0. The molecule has 0 aliphatic carbocycles. The lowest BCUT2D eigenvalue weighted by Gasteiger charge is -2.10. The summed E-state index contributed by atoms with van der Waals surface area (Å²) in [6, 6.07) is 25.7. The number of hydrogen-bond donors (Lipinski definition) is 0. The topological polar surface area (TPSA) is 57.4 Å². The fourth-order valence-electron chi connectivity index (χ4n) is 4.89. The number of nitrogens with zero attached hydrogens (tertiary/aromatic N) is 4. The summed E-state index contributed by atoms with van der Waals surface area (Å²) in [7, 11) is 3.86. The van der Waals surface area contributed by atoms with E-state index in [-0.39, 0.29) is 0 Å². The van der Waals surface area contributed by atoms with Crippen LogP contribution in [0.4, 0.5) is 0 Å². The predicted octanol–water partition coefficient (Wildman–Crippen LogP) is 5.87. The van der Waals surface area contributed by atoms with E-state index < -0.39 is 0 Å². The molecular weight excluding hydrogens is 368 g/mol. The summed E-state index contributed by atoms with van der Waals surface area (Å²) in [6.07, 6.45) is 0. The fraction of sp³-hybridized carbons (Fsp3) is 0.0769. The van der Waals surface area contributed by atoms with Crippen LogP contribution in [0, 0.1) is 22.7 Å². The fourth-order valence-corrected chi connectivity index (χ4v) is 4.89. The van der Waals surface area contributed by atoms with Gasteiger partial charge in [-0.05, 0) is 56.6 Å². The monoisotopic (exact) mass is 384 g/mol. The zero-order valence-electron chi connectivity index (χ0n) is 16.6. The second-order valence-electron chi connectivity index (χ2n) is 7.81. The highest BCUT2D eigenvalue weighted by Crippen LogP contribution is 2.37. The maximum absolute atomic E-state index is 9.41. The Hall–Kier alpha value is -4.28. The number of nitriles is 2. The largest absolute Gasteiger partial charge is 0.335 e. The van der Waals surface area contributed by atoms with E-state index in [9.17, 15) is 10.5 Å². The van der Waals surface area contributed by atoms with Gasteiger partial charge in [0.15, 0.2) is 0 Å². The van der Waals surface area contributed by atoms with Crippen molar-refractivity contribution in [2.45, 2.75) is 0 Å². The highest BCUT2D eigenvalue weighted by atomic mass is 14.9. The molecule has 2 aromatic heterocycles. The smallest absolute Gasteiger partial charge is 0.121 e. The lowest BCUT2D eigenvalue weighted by molar-refractivity contribution is 0.947. The summed E-state index contributed by atoms with van der Waals surface area (Å²) in [5, 5.41) is 28.1. The van der Waals surface area contributed by atoms with E-state index in [4.69, 9.17) is 0 Å². The van der Waals surface area contributed by atoms with Gasteiger partial charge >= 0.3 is 0 Å². The molecule has 6 aromatic rings. The number of aryl methyl sites for hydroxylation is 2. The molecule has 0 saturated heterocycles. The average molecular weight is 384 g/mol. The van der Waals surface area contributed by atoms with Gasteiger partial charge in [0, 0.05) is 35.9 Å². The summed E-state index contributed by atoms with van der Waals surface area (Å²) in [5.74, 6) is 0. The van der Waals surface area contributed by atoms with Crippen molar-refractivity contribution in [3.63, 3.8) is 0 Å². The third-order valence-corrected chi connectivity index (χ3v) is 6.47. The Morgan fingerprint density at radius 1 is 0.500 bits per heavy atom. The normalized spacial score (nSPS) is 11.6. The molecule has 0 bridgehead atoms.